The van der Waals surface area contributed by atoms with E-state index in [9.17, 15) is 4.79 Å². The van der Waals surface area contributed by atoms with Gasteiger partial charge in [0.05, 0.1) is 12.9 Å². The molecular formula is C14H15N5O. The van der Waals surface area contributed by atoms with Crippen LogP contribution in [0.25, 0.3) is 11.5 Å². The minimum absolute atomic E-state index is 0.232. The summed E-state index contributed by atoms with van der Waals surface area (Å²) in [4.78, 5) is 19.2. The fourth-order valence-corrected chi connectivity index (χ4v) is 2.22. The molecule has 102 valence electrons. The summed E-state index contributed by atoms with van der Waals surface area (Å²) in [6.45, 7) is 4.40. The maximum Gasteiger partial charge on any atom is 0.343 e. The van der Waals surface area contributed by atoms with Gasteiger partial charge < -0.3 is 4.98 Å². The van der Waals surface area contributed by atoms with Crippen molar-refractivity contribution in [1.82, 2.24) is 24.7 Å². The molecule has 2 aromatic heterocycles. The van der Waals surface area contributed by atoms with Crippen molar-refractivity contribution in [3.63, 3.8) is 0 Å². The molecule has 0 saturated heterocycles. The van der Waals surface area contributed by atoms with Gasteiger partial charge in [-0.05, 0) is 19.4 Å². The van der Waals surface area contributed by atoms with Crippen molar-refractivity contribution >= 4 is 0 Å². The maximum atomic E-state index is 11.9. The van der Waals surface area contributed by atoms with Crippen LogP contribution in [0, 0.1) is 13.8 Å². The number of hydrogen-bond donors (Lipinski definition) is 2. The van der Waals surface area contributed by atoms with Gasteiger partial charge in [-0.15, -0.1) is 0 Å². The second-order valence-electron chi connectivity index (χ2n) is 4.80. The van der Waals surface area contributed by atoms with Gasteiger partial charge in [0.1, 0.15) is 5.69 Å². The van der Waals surface area contributed by atoms with Crippen molar-refractivity contribution in [2.24, 2.45) is 0 Å². The van der Waals surface area contributed by atoms with Crippen LogP contribution in [0.1, 0.15) is 16.8 Å². The maximum absolute atomic E-state index is 11.9. The molecule has 0 aliphatic rings. The van der Waals surface area contributed by atoms with Crippen molar-refractivity contribution in [2.75, 3.05) is 0 Å². The average Bonchev–Trinajstić information content (AvgIpc) is 2.97. The minimum Gasteiger partial charge on any atom is -0.348 e. The first kappa shape index (κ1) is 12.4. The molecule has 2 heterocycles. The van der Waals surface area contributed by atoms with Gasteiger partial charge in [0.25, 0.3) is 0 Å². The summed E-state index contributed by atoms with van der Waals surface area (Å²) in [5.41, 5.74) is 3.56. The third-order valence-corrected chi connectivity index (χ3v) is 3.22. The van der Waals surface area contributed by atoms with Crippen molar-refractivity contribution < 1.29 is 0 Å². The Balaban J connectivity index is 2.04. The van der Waals surface area contributed by atoms with Gasteiger partial charge in [-0.1, -0.05) is 29.8 Å². The summed E-state index contributed by atoms with van der Waals surface area (Å²) in [5.74, 6) is 0.551. The predicted molar refractivity (Wildman–Crippen MR) is 75.4 cm³/mol. The lowest BCUT2D eigenvalue weighted by atomic mass is 10.1. The molecule has 0 bridgehead atoms. The smallest absolute Gasteiger partial charge is 0.343 e. The molecule has 0 amide bonds. The topological polar surface area (TPSA) is 79.4 Å². The molecule has 1 aromatic carbocycles. The first-order valence-electron chi connectivity index (χ1n) is 6.36. The lowest BCUT2D eigenvalue weighted by molar-refractivity contribution is 0.766. The summed E-state index contributed by atoms with van der Waals surface area (Å²) in [7, 11) is 0. The largest absolute Gasteiger partial charge is 0.348 e. The molecule has 0 fully saturated rings. The third-order valence-electron chi connectivity index (χ3n) is 3.22. The van der Waals surface area contributed by atoms with Gasteiger partial charge >= 0.3 is 5.69 Å². The second-order valence-corrected chi connectivity index (χ2v) is 4.80. The highest BCUT2D eigenvalue weighted by Crippen LogP contribution is 2.16. The van der Waals surface area contributed by atoms with E-state index >= 15 is 0 Å². The fraction of sp³-hybridized carbons (Fsp3) is 0.214. The van der Waals surface area contributed by atoms with Crippen LogP contribution in [0.5, 0.6) is 0 Å². The molecule has 3 rings (SSSR count). The average molecular weight is 269 g/mol. The number of nitrogens with zero attached hydrogens (tertiary/aromatic N) is 3. The van der Waals surface area contributed by atoms with Crippen LogP contribution in [0.2, 0.25) is 0 Å². The van der Waals surface area contributed by atoms with E-state index in [1.165, 1.54) is 0 Å². The first-order chi connectivity index (χ1) is 9.65. The number of rotatable bonds is 3. The lowest BCUT2D eigenvalue weighted by Crippen LogP contribution is -2.18. The number of imidazole rings is 1. The van der Waals surface area contributed by atoms with Crippen LogP contribution in [0.4, 0.5) is 0 Å². The normalized spacial score (nSPS) is 10.9. The molecule has 0 saturated carbocycles. The fourth-order valence-electron chi connectivity index (χ4n) is 2.22. The van der Waals surface area contributed by atoms with Gasteiger partial charge in [0, 0.05) is 5.69 Å². The van der Waals surface area contributed by atoms with Crippen LogP contribution in [0.15, 0.2) is 35.4 Å². The van der Waals surface area contributed by atoms with Gasteiger partial charge in [0.2, 0.25) is 0 Å². The number of aromatic nitrogens is 5. The highest BCUT2D eigenvalue weighted by Gasteiger charge is 2.15. The van der Waals surface area contributed by atoms with Crippen LogP contribution in [-0.4, -0.2) is 24.7 Å². The molecule has 6 nitrogen and oxygen atoms in total. The predicted octanol–water partition coefficient (Wildman–Crippen LogP) is 1.63. The van der Waals surface area contributed by atoms with E-state index in [0.29, 0.717) is 18.1 Å². The Morgan fingerprint density at radius 2 is 2.15 bits per heavy atom. The Kier molecular flexibility index (Phi) is 2.98. The molecule has 2 N–H and O–H groups in total. The molecule has 0 aliphatic carbocycles. The molecule has 0 spiro atoms. The standard InChI is InChI=1S/C14H15N5O/c1-9-4-3-5-11(6-9)7-19-13(17-18-14(19)20)12-10(2)15-8-16-12/h3-6,8H,7H2,1-2H3,(H,15,16)(H,18,20). The summed E-state index contributed by atoms with van der Waals surface area (Å²) in [5, 5.41) is 6.57. The Bertz CT molecular complexity index is 796. The van der Waals surface area contributed by atoms with Crippen LogP contribution in [-0.2, 0) is 6.54 Å². The number of benzene rings is 1. The number of H-pyrrole nitrogens is 2. The number of hydrogen-bond acceptors (Lipinski definition) is 3. The minimum atomic E-state index is -0.232. The molecule has 20 heavy (non-hydrogen) atoms. The highest BCUT2D eigenvalue weighted by molar-refractivity contribution is 5.52. The summed E-state index contributed by atoms with van der Waals surface area (Å²) in [6, 6.07) is 8.06. The van der Waals surface area contributed by atoms with Crippen LogP contribution in [0.3, 0.4) is 0 Å². The number of nitrogens with one attached hydrogen (secondary N) is 2. The zero-order valence-corrected chi connectivity index (χ0v) is 11.3. The van der Waals surface area contributed by atoms with Crippen molar-refractivity contribution in [3.8, 4) is 11.5 Å². The van der Waals surface area contributed by atoms with Crippen molar-refractivity contribution in [3.05, 3.63) is 57.9 Å². The Morgan fingerprint density at radius 3 is 2.85 bits per heavy atom. The first-order valence-corrected chi connectivity index (χ1v) is 6.36. The summed E-state index contributed by atoms with van der Waals surface area (Å²) in [6.07, 6.45) is 1.60. The van der Waals surface area contributed by atoms with Gasteiger partial charge in [-0.2, -0.15) is 5.10 Å². The van der Waals surface area contributed by atoms with E-state index in [4.69, 9.17) is 0 Å². The van der Waals surface area contributed by atoms with Crippen molar-refractivity contribution in [2.45, 2.75) is 20.4 Å². The molecule has 6 heteroatoms. The molecule has 0 aliphatic heterocycles. The zero-order valence-electron chi connectivity index (χ0n) is 11.3. The quantitative estimate of drug-likeness (QED) is 0.758. The van der Waals surface area contributed by atoms with Gasteiger partial charge in [0.15, 0.2) is 5.82 Å². The summed E-state index contributed by atoms with van der Waals surface area (Å²) < 4.78 is 1.60. The number of aromatic amines is 2. The Labute approximate surface area is 115 Å². The lowest BCUT2D eigenvalue weighted by Gasteiger charge is -2.06. The van der Waals surface area contributed by atoms with Crippen LogP contribution < -0.4 is 5.69 Å². The molecule has 0 atom stereocenters. The highest BCUT2D eigenvalue weighted by atomic mass is 16.1. The SMILES string of the molecule is Cc1cccc(Cn2c(-c3nc[nH]c3C)n[nH]c2=O)c1. The van der Waals surface area contributed by atoms with E-state index in [0.717, 1.165) is 16.8 Å². The summed E-state index contributed by atoms with van der Waals surface area (Å²) >= 11 is 0. The van der Waals surface area contributed by atoms with E-state index in [-0.39, 0.29) is 5.69 Å². The zero-order chi connectivity index (χ0) is 14.1. The Hall–Kier alpha value is -2.63. The number of aryl methyl sites for hydroxylation is 2. The van der Waals surface area contributed by atoms with E-state index in [2.05, 4.69) is 26.2 Å². The van der Waals surface area contributed by atoms with Gasteiger partial charge in [-0.3, -0.25) is 4.57 Å². The van der Waals surface area contributed by atoms with Gasteiger partial charge in [-0.25, -0.2) is 14.9 Å². The third kappa shape index (κ3) is 2.16. The molecule has 0 unspecified atom stereocenters. The van der Waals surface area contributed by atoms with E-state index in [1.54, 1.807) is 10.9 Å². The molecular weight excluding hydrogens is 254 g/mol. The second kappa shape index (κ2) is 4.80. The monoisotopic (exact) mass is 269 g/mol. The van der Waals surface area contributed by atoms with E-state index < -0.39 is 0 Å². The molecule has 0 radical (unpaired) electrons. The van der Waals surface area contributed by atoms with E-state index in [1.807, 2.05) is 32.0 Å². The van der Waals surface area contributed by atoms with Crippen molar-refractivity contribution in [1.29, 1.82) is 0 Å². The van der Waals surface area contributed by atoms with Crippen LogP contribution >= 0.6 is 0 Å². The molecule has 3 aromatic rings. The Morgan fingerprint density at radius 1 is 1.30 bits per heavy atom.